The molecule has 2 unspecified atom stereocenters. The number of piperazine rings is 1. The number of carbonyl (C=O) groups is 2. The zero-order valence-corrected chi connectivity index (χ0v) is 27.0. The van der Waals surface area contributed by atoms with Crippen molar-refractivity contribution in [3.63, 3.8) is 0 Å². The van der Waals surface area contributed by atoms with E-state index in [-0.39, 0.29) is 23.2 Å². The van der Waals surface area contributed by atoms with Gasteiger partial charge in [0.05, 0.1) is 23.1 Å². The van der Waals surface area contributed by atoms with E-state index in [1.165, 1.54) is 15.3 Å². The van der Waals surface area contributed by atoms with Crippen LogP contribution in [0.2, 0.25) is 10.0 Å². The first-order valence-corrected chi connectivity index (χ1v) is 17.1. The number of benzene rings is 3. The van der Waals surface area contributed by atoms with Gasteiger partial charge in [0, 0.05) is 36.2 Å². The molecule has 3 aromatic carbocycles. The van der Waals surface area contributed by atoms with Gasteiger partial charge in [0.2, 0.25) is 15.9 Å². The molecule has 0 bridgehead atoms. The van der Waals surface area contributed by atoms with Gasteiger partial charge < -0.3 is 15.0 Å². The summed E-state index contributed by atoms with van der Waals surface area (Å²) in [6, 6.07) is 17.4. The van der Waals surface area contributed by atoms with Crippen LogP contribution >= 0.6 is 23.2 Å². The lowest BCUT2D eigenvalue weighted by molar-refractivity contribution is -0.123. The fraction of sp³-hybridized carbons (Fsp3) is 0.344. The lowest BCUT2D eigenvalue weighted by Gasteiger charge is -2.36. The van der Waals surface area contributed by atoms with Crippen molar-refractivity contribution in [2.24, 2.45) is 4.99 Å². The Kier molecular flexibility index (Phi) is 9.05. The number of ether oxygens (including phenoxy) is 1. The molecule has 6 rings (SSSR count). The number of aliphatic imine (C=N–C) groups is 1. The lowest BCUT2D eigenvalue weighted by atomic mass is 9.93. The summed E-state index contributed by atoms with van der Waals surface area (Å²) in [6.07, 6.45) is 1.60. The van der Waals surface area contributed by atoms with E-state index in [2.05, 4.69) is 5.32 Å². The second-order valence-corrected chi connectivity index (χ2v) is 13.9. The molecule has 2 saturated heterocycles. The third-order valence-corrected chi connectivity index (χ3v) is 10.6. The number of hydrogen-bond donors (Lipinski definition) is 1. The maximum Gasteiger partial charge on any atom is 0.326 e. The van der Waals surface area contributed by atoms with Crippen LogP contribution in [0.5, 0.6) is 5.75 Å². The summed E-state index contributed by atoms with van der Waals surface area (Å²) >= 11 is 12.5. The summed E-state index contributed by atoms with van der Waals surface area (Å²) in [6.45, 7) is 3.52. The molecule has 0 aromatic heterocycles. The van der Waals surface area contributed by atoms with Crippen LogP contribution in [0.3, 0.4) is 0 Å². The van der Waals surface area contributed by atoms with Crippen LogP contribution in [0, 0.1) is 0 Å². The van der Waals surface area contributed by atoms with Gasteiger partial charge in [0.15, 0.2) is 0 Å². The largest absolute Gasteiger partial charge is 0.493 e. The molecule has 0 aliphatic carbocycles. The van der Waals surface area contributed by atoms with Gasteiger partial charge in [-0.05, 0) is 73.4 Å². The monoisotopic (exact) mass is 669 g/mol. The maximum absolute atomic E-state index is 14.5. The van der Waals surface area contributed by atoms with Crippen LogP contribution < -0.4 is 10.1 Å². The van der Waals surface area contributed by atoms with Gasteiger partial charge in [-0.2, -0.15) is 4.31 Å². The van der Waals surface area contributed by atoms with Crippen molar-refractivity contribution >= 4 is 51.0 Å². The van der Waals surface area contributed by atoms with E-state index in [0.29, 0.717) is 54.1 Å². The Bertz CT molecular complexity index is 1730. The van der Waals surface area contributed by atoms with Crippen molar-refractivity contribution < 1.29 is 22.7 Å². The second-order valence-electron chi connectivity index (χ2n) is 11.1. The topological polar surface area (TPSA) is 112 Å². The zero-order chi connectivity index (χ0) is 31.7. The average molecular weight is 671 g/mol. The number of nitrogens with zero attached hydrogens (tertiary/aromatic N) is 4. The first-order valence-electron chi connectivity index (χ1n) is 14.9. The van der Waals surface area contributed by atoms with Crippen molar-refractivity contribution in [2.45, 2.75) is 36.7 Å². The van der Waals surface area contributed by atoms with Gasteiger partial charge in [0.1, 0.15) is 24.2 Å². The first kappa shape index (κ1) is 31.3. The summed E-state index contributed by atoms with van der Waals surface area (Å²) in [5.41, 5.74) is 1.91. The molecule has 3 aromatic rings. The minimum Gasteiger partial charge on any atom is -0.493 e. The Labute approximate surface area is 272 Å². The minimum atomic E-state index is -3.80. The van der Waals surface area contributed by atoms with Crippen LogP contribution in [0.4, 0.5) is 4.79 Å². The van der Waals surface area contributed by atoms with Gasteiger partial charge in [-0.25, -0.2) is 13.2 Å². The molecule has 2 fully saturated rings. The van der Waals surface area contributed by atoms with Gasteiger partial charge in [-0.1, -0.05) is 47.5 Å². The number of sulfonamides is 1. The summed E-state index contributed by atoms with van der Waals surface area (Å²) in [5.74, 6) is 0.364. The Morgan fingerprint density at radius 1 is 0.956 bits per heavy atom. The summed E-state index contributed by atoms with van der Waals surface area (Å²) < 4.78 is 34.9. The highest BCUT2D eigenvalue weighted by molar-refractivity contribution is 7.89. The van der Waals surface area contributed by atoms with Crippen LogP contribution in [-0.2, 0) is 14.8 Å². The lowest BCUT2D eigenvalue weighted by Crippen LogP contribution is -2.55. The van der Waals surface area contributed by atoms with E-state index in [1.54, 1.807) is 41.3 Å². The number of carbonyl (C=O) groups excluding carboxylic acids is 2. The van der Waals surface area contributed by atoms with Crippen molar-refractivity contribution in [2.75, 3.05) is 39.3 Å². The molecule has 3 amide bonds. The predicted octanol–water partition coefficient (Wildman–Crippen LogP) is 5.27. The van der Waals surface area contributed by atoms with Crippen molar-refractivity contribution in [1.82, 2.24) is 19.4 Å². The Hall–Kier alpha value is -3.64. The van der Waals surface area contributed by atoms with Crippen LogP contribution in [0.25, 0.3) is 0 Å². The molecule has 10 nitrogen and oxygen atoms in total. The van der Waals surface area contributed by atoms with Crippen LogP contribution in [0.15, 0.2) is 76.6 Å². The molecule has 3 aliphatic heterocycles. The molecule has 1 N–H and O–H groups in total. The van der Waals surface area contributed by atoms with Crippen molar-refractivity contribution in [3.05, 3.63) is 93.5 Å². The van der Waals surface area contributed by atoms with E-state index in [9.17, 15) is 18.0 Å². The Morgan fingerprint density at radius 3 is 2.22 bits per heavy atom. The number of amides is 3. The normalized spacial score (nSPS) is 20.7. The number of urea groups is 1. The number of hydrogen-bond acceptors (Lipinski definition) is 6. The van der Waals surface area contributed by atoms with Gasteiger partial charge >= 0.3 is 6.03 Å². The molecule has 3 aliphatic rings. The molecular formula is C32H33Cl2N5O5S. The molecule has 3 heterocycles. The molecular weight excluding hydrogens is 637 g/mol. The van der Waals surface area contributed by atoms with Gasteiger partial charge in [0.25, 0.3) is 0 Å². The molecule has 13 heteroatoms. The Balaban J connectivity index is 1.56. The quantitative estimate of drug-likeness (QED) is 0.368. The molecule has 0 saturated carbocycles. The number of rotatable bonds is 7. The fourth-order valence-corrected chi connectivity index (χ4v) is 7.81. The van der Waals surface area contributed by atoms with E-state index in [1.807, 2.05) is 31.2 Å². The predicted molar refractivity (Wildman–Crippen MR) is 172 cm³/mol. The third-order valence-electron chi connectivity index (χ3n) is 8.20. The number of nitrogens with one attached hydrogen (secondary N) is 1. The van der Waals surface area contributed by atoms with E-state index in [0.717, 1.165) is 24.0 Å². The molecule has 2 atom stereocenters. The van der Waals surface area contributed by atoms with E-state index in [4.69, 9.17) is 32.9 Å². The van der Waals surface area contributed by atoms with Crippen LogP contribution in [0.1, 0.15) is 48.5 Å². The Morgan fingerprint density at radius 2 is 1.60 bits per heavy atom. The first-order chi connectivity index (χ1) is 21.7. The van der Waals surface area contributed by atoms with Gasteiger partial charge in [-0.15, -0.1) is 0 Å². The molecule has 0 spiro atoms. The average Bonchev–Trinajstić information content (AvgIpc) is 3.72. The highest BCUT2D eigenvalue weighted by atomic mass is 35.5. The van der Waals surface area contributed by atoms with E-state index < -0.39 is 28.1 Å². The summed E-state index contributed by atoms with van der Waals surface area (Å²) in [7, 11) is -3.80. The standard InChI is InChI=1S/C32H33Cl2N5O5S/c1-2-44-27-14-13-25(45(42,43)38-16-3-4-17-38)19-26(27)31-36-29(21-5-9-23(33)10-6-21)30(22-7-11-24(34)12-8-22)39(31)32(41)37-18-15-35-28(40)20-37/h5-14,19,29-30H,2-4,15-18,20H2,1H3,(H,35,40). The summed E-state index contributed by atoms with van der Waals surface area (Å²) in [4.78, 5) is 35.2. The van der Waals surface area contributed by atoms with Crippen LogP contribution in [-0.4, -0.2) is 79.6 Å². The highest BCUT2D eigenvalue weighted by Gasteiger charge is 2.45. The molecule has 236 valence electrons. The van der Waals surface area contributed by atoms with Crippen molar-refractivity contribution in [3.8, 4) is 5.75 Å². The molecule has 45 heavy (non-hydrogen) atoms. The highest BCUT2D eigenvalue weighted by Crippen LogP contribution is 2.46. The summed E-state index contributed by atoms with van der Waals surface area (Å²) in [5, 5.41) is 3.85. The number of halogens is 2. The fourth-order valence-electron chi connectivity index (χ4n) is 6.01. The number of amidine groups is 1. The molecule has 0 radical (unpaired) electrons. The second kappa shape index (κ2) is 13.0. The smallest absolute Gasteiger partial charge is 0.326 e. The van der Waals surface area contributed by atoms with Crippen molar-refractivity contribution in [1.29, 1.82) is 0 Å². The minimum absolute atomic E-state index is 0.0910. The third kappa shape index (κ3) is 6.27. The SMILES string of the molecule is CCOc1ccc(S(=O)(=O)N2CCCC2)cc1C1=NC(c2ccc(Cl)cc2)C(c2ccc(Cl)cc2)N1C(=O)N1CCNC(=O)C1. The van der Waals surface area contributed by atoms with E-state index >= 15 is 0 Å². The van der Waals surface area contributed by atoms with Gasteiger partial charge in [-0.3, -0.25) is 14.7 Å². The zero-order valence-electron chi connectivity index (χ0n) is 24.7. The maximum atomic E-state index is 14.5.